The Morgan fingerprint density at radius 2 is 1.74 bits per heavy atom. The molecule has 0 bridgehead atoms. The van der Waals surface area contributed by atoms with Crippen molar-refractivity contribution in [3.05, 3.63) is 65.2 Å². The molecule has 2 aromatic rings. The quantitative estimate of drug-likeness (QED) is 0.693. The van der Waals surface area contributed by atoms with Gasteiger partial charge in [-0.3, -0.25) is 24.6 Å². The topological polar surface area (TPSA) is 79.0 Å². The van der Waals surface area contributed by atoms with Gasteiger partial charge >= 0.3 is 0 Å². The van der Waals surface area contributed by atoms with Crippen LogP contribution in [0.2, 0.25) is 0 Å². The van der Waals surface area contributed by atoms with E-state index < -0.39 is 17.4 Å². The number of methoxy groups -OCH3 is 1. The second kappa shape index (κ2) is 8.55. The Labute approximate surface area is 200 Å². The number of carbonyl (C=O) groups excluding carboxylic acids is 3. The fraction of sp³-hybridized carbons (Fsp3) is 0.444. The number of amides is 3. The number of imide groups is 1. The molecule has 0 aliphatic carbocycles. The van der Waals surface area contributed by atoms with Gasteiger partial charge in [0.05, 0.1) is 18.9 Å². The van der Waals surface area contributed by atoms with Crippen LogP contribution in [-0.2, 0) is 20.9 Å². The summed E-state index contributed by atoms with van der Waals surface area (Å²) in [6.07, 6.45) is 1.32. The summed E-state index contributed by atoms with van der Waals surface area (Å²) in [6.45, 7) is 5.24. The summed E-state index contributed by atoms with van der Waals surface area (Å²) in [7, 11) is 1.62. The molecule has 7 nitrogen and oxygen atoms in total. The molecule has 0 unspecified atom stereocenters. The number of likely N-dealkylation sites (tertiary alicyclic amines) is 2. The van der Waals surface area contributed by atoms with Crippen LogP contribution in [0.4, 0.5) is 0 Å². The fourth-order valence-corrected chi connectivity index (χ4v) is 6.00. The summed E-state index contributed by atoms with van der Waals surface area (Å²) in [5, 5.41) is 3.55. The van der Waals surface area contributed by atoms with Crippen molar-refractivity contribution < 1.29 is 19.1 Å². The van der Waals surface area contributed by atoms with Crippen LogP contribution in [0, 0.1) is 18.8 Å². The van der Waals surface area contributed by atoms with Crippen LogP contribution in [0.5, 0.6) is 5.75 Å². The molecule has 1 N–H and O–H groups in total. The summed E-state index contributed by atoms with van der Waals surface area (Å²) in [5.74, 6) is -0.969. The molecule has 3 fully saturated rings. The minimum atomic E-state index is -1.07. The average Bonchev–Trinajstić information content (AvgIpc) is 3.31. The largest absolute Gasteiger partial charge is 0.497 e. The molecule has 0 saturated carbocycles. The molecular weight excluding hydrogens is 430 g/mol. The molecule has 0 aromatic heterocycles. The molecule has 3 heterocycles. The minimum absolute atomic E-state index is 0.0849. The van der Waals surface area contributed by atoms with Gasteiger partial charge in [-0.1, -0.05) is 42.0 Å². The predicted molar refractivity (Wildman–Crippen MR) is 127 cm³/mol. The van der Waals surface area contributed by atoms with Gasteiger partial charge < -0.3 is 9.64 Å². The lowest BCUT2D eigenvalue weighted by Gasteiger charge is -2.42. The van der Waals surface area contributed by atoms with Crippen molar-refractivity contribution in [2.24, 2.45) is 11.8 Å². The number of aryl methyl sites for hydroxylation is 1. The number of rotatable bonds is 5. The van der Waals surface area contributed by atoms with Gasteiger partial charge in [-0.15, -0.1) is 0 Å². The molecule has 178 valence electrons. The molecule has 2 aromatic carbocycles. The van der Waals surface area contributed by atoms with E-state index >= 15 is 0 Å². The van der Waals surface area contributed by atoms with Crippen LogP contribution < -0.4 is 10.1 Å². The third-order valence-corrected chi connectivity index (χ3v) is 7.70. The Morgan fingerprint density at radius 1 is 1.03 bits per heavy atom. The van der Waals surface area contributed by atoms with Crippen LogP contribution in [0.25, 0.3) is 0 Å². The zero-order chi connectivity index (χ0) is 24.0. The molecule has 0 radical (unpaired) electrons. The van der Waals surface area contributed by atoms with Gasteiger partial charge in [0.1, 0.15) is 11.3 Å². The zero-order valence-electron chi connectivity index (χ0n) is 19.9. The number of piperidine rings is 1. The first-order valence-electron chi connectivity index (χ1n) is 12.0. The van der Waals surface area contributed by atoms with Crippen LogP contribution in [-0.4, -0.2) is 53.3 Å². The fourth-order valence-electron chi connectivity index (χ4n) is 6.00. The highest BCUT2D eigenvalue weighted by Crippen LogP contribution is 2.52. The lowest BCUT2D eigenvalue weighted by atomic mass is 9.74. The molecule has 7 heteroatoms. The monoisotopic (exact) mass is 461 g/mol. The van der Waals surface area contributed by atoms with Gasteiger partial charge in [-0.2, -0.15) is 0 Å². The van der Waals surface area contributed by atoms with E-state index in [0.29, 0.717) is 26.1 Å². The predicted octanol–water partition coefficient (Wildman–Crippen LogP) is 2.83. The van der Waals surface area contributed by atoms with Crippen molar-refractivity contribution in [2.45, 2.75) is 44.8 Å². The number of nitrogens with zero attached hydrogens (tertiary/aromatic N) is 2. The van der Waals surface area contributed by atoms with E-state index in [1.54, 1.807) is 7.11 Å². The lowest BCUT2D eigenvalue weighted by Crippen LogP contribution is -2.63. The lowest BCUT2D eigenvalue weighted by molar-refractivity contribution is -0.150. The second-order valence-corrected chi connectivity index (χ2v) is 9.61. The van der Waals surface area contributed by atoms with Gasteiger partial charge in [0.15, 0.2) is 0 Å². The Balaban J connectivity index is 1.50. The van der Waals surface area contributed by atoms with Gasteiger partial charge in [-0.05, 0) is 49.9 Å². The maximum Gasteiger partial charge on any atom is 0.244 e. The molecule has 34 heavy (non-hydrogen) atoms. The number of nitrogens with one attached hydrogen (secondary N) is 1. The number of benzene rings is 2. The van der Waals surface area contributed by atoms with Crippen LogP contribution in [0.1, 0.15) is 42.5 Å². The number of hydrogen-bond acceptors (Lipinski definition) is 5. The van der Waals surface area contributed by atoms with E-state index in [4.69, 9.17) is 4.74 Å². The number of carbonyl (C=O) groups is 3. The van der Waals surface area contributed by atoms with Gasteiger partial charge in [0.2, 0.25) is 17.7 Å². The molecule has 3 aliphatic heterocycles. The molecular formula is C27H31N3O4. The Hall–Kier alpha value is -3.19. The summed E-state index contributed by atoms with van der Waals surface area (Å²) < 4.78 is 5.24. The summed E-state index contributed by atoms with van der Waals surface area (Å²) >= 11 is 0. The number of hydrogen-bond donors (Lipinski definition) is 1. The highest BCUT2D eigenvalue weighted by molar-refractivity contribution is 6.10. The van der Waals surface area contributed by atoms with Crippen molar-refractivity contribution in [1.82, 2.24) is 15.1 Å². The molecule has 4 atom stereocenters. The molecule has 5 rings (SSSR count). The first-order chi connectivity index (χ1) is 16.4. The van der Waals surface area contributed by atoms with E-state index in [1.807, 2.05) is 67.3 Å². The zero-order valence-corrected chi connectivity index (χ0v) is 19.9. The average molecular weight is 462 g/mol. The summed E-state index contributed by atoms with van der Waals surface area (Å²) in [4.78, 5) is 44.1. The smallest absolute Gasteiger partial charge is 0.244 e. The van der Waals surface area contributed by atoms with Gasteiger partial charge in [0.25, 0.3) is 0 Å². The number of ether oxygens (including phenoxy) is 1. The van der Waals surface area contributed by atoms with Crippen molar-refractivity contribution in [2.75, 3.05) is 20.2 Å². The standard InChI is InChI=1S/C27H31N3O4/c1-4-30-24(31)21-22(25(30)32)27(28-23(21)19-10-6-17(2)7-11-19)14-5-15-29(26(27)33)16-18-8-12-20(34-3)13-9-18/h6-13,21-23,28H,4-5,14-16H2,1-3H3/t21-,22-,23-,27-/m1/s1. The Kier molecular flexibility index (Phi) is 5.68. The normalized spacial score (nSPS) is 28.7. The second-order valence-electron chi connectivity index (χ2n) is 9.61. The molecule has 3 aliphatic rings. The van der Waals surface area contributed by atoms with Crippen molar-refractivity contribution in [1.29, 1.82) is 0 Å². The third-order valence-electron chi connectivity index (χ3n) is 7.70. The van der Waals surface area contributed by atoms with Crippen LogP contribution in [0.3, 0.4) is 0 Å². The van der Waals surface area contributed by atoms with Crippen molar-refractivity contribution in [3.63, 3.8) is 0 Å². The van der Waals surface area contributed by atoms with Gasteiger partial charge in [0, 0.05) is 25.7 Å². The number of fused-ring (bicyclic) bond motifs is 2. The first kappa shape index (κ1) is 22.6. The van der Waals surface area contributed by atoms with E-state index in [1.165, 1.54) is 4.90 Å². The Bertz CT molecular complexity index is 1110. The first-order valence-corrected chi connectivity index (χ1v) is 12.0. The maximum atomic E-state index is 14.1. The van der Waals surface area contributed by atoms with E-state index in [2.05, 4.69) is 5.32 Å². The summed E-state index contributed by atoms with van der Waals surface area (Å²) in [6, 6.07) is 15.3. The van der Waals surface area contributed by atoms with Crippen LogP contribution in [0.15, 0.2) is 48.5 Å². The molecule has 1 spiro atoms. The van der Waals surface area contributed by atoms with E-state index in [9.17, 15) is 14.4 Å². The SMILES string of the molecule is CCN1C(=O)[C@H]2[C@@H](c3ccc(C)cc3)N[C@]3(CCCN(Cc4ccc(OC)cc4)C3=O)[C@H]2C1=O. The van der Waals surface area contributed by atoms with E-state index in [0.717, 1.165) is 28.9 Å². The van der Waals surface area contributed by atoms with Gasteiger partial charge in [-0.25, -0.2) is 0 Å². The highest BCUT2D eigenvalue weighted by atomic mass is 16.5. The minimum Gasteiger partial charge on any atom is -0.497 e. The maximum absolute atomic E-state index is 14.1. The third kappa shape index (κ3) is 3.41. The highest BCUT2D eigenvalue weighted by Gasteiger charge is 2.68. The Morgan fingerprint density at radius 3 is 2.38 bits per heavy atom. The van der Waals surface area contributed by atoms with E-state index in [-0.39, 0.29) is 23.8 Å². The summed E-state index contributed by atoms with van der Waals surface area (Å²) in [5.41, 5.74) is 2.00. The van der Waals surface area contributed by atoms with Crippen LogP contribution >= 0.6 is 0 Å². The van der Waals surface area contributed by atoms with Crippen molar-refractivity contribution >= 4 is 17.7 Å². The molecule has 3 amide bonds. The van der Waals surface area contributed by atoms with Crippen molar-refractivity contribution in [3.8, 4) is 5.75 Å². The molecule has 3 saturated heterocycles.